The topological polar surface area (TPSA) is 98.3 Å². The van der Waals surface area contributed by atoms with Crippen LogP contribution in [-0.4, -0.2) is 21.6 Å². The molecule has 0 aliphatic heterocycles. The number of oxazole rings is 1. The molecule has 4 rings (SSSR count). The third-order valence-corrected chi connectivity index (χ3v) is 5.55. The van der Waals surface area contributed by atoms with Gasteiger partial charge in [-0.15, -0.1) is 0 Å². The SMILES string of the molecule is Cc1ccc([N+](=O)[O-])cc1NC(=O)CSc1nc(-c2ccccc2)c(-c2ccccc2)o1. The zero-order valence-electron chi connectivity index (χ0n) is 17.1. The number of anilines is 1. The van der Waals surface area contributed by atoms with Gasteiger partial charge in [-0.1, -0.05) is 78.5 Å². The Hall–Kier alpha value is -3.91. The van der Waals surface area contributed by atoms with Gasteiger partial charge in [0, 0.05) is 23.3 Å². The summed E-state index contributed by atoms with van der Waals surface area (Å²) in [5.74, 6) is 0.374. The first-order valence-electron chi connectivity index (χ1n) is 9.80. The van der Waals surface area contributed by atoms with E-state index < -0.39 is 4.92 Å². The summed E-state index contributed by atoms with van der Waals surface area (Å²) in [5, 5.41) is 14.1. The summed E-state index contributed by atoms with van der Waals surface area (Å²) in [6, 6.07) is 23.7. The predicted molar refractivity (Wildman–Crippen MR) is 125 cm³/mol. The Bertz CT molecular complexity index is 1200. The summed E-state index contributed by atoms with van der Waals surface area (Å²) in [6.45, 7) is 1.78. The lowest BCUT2D eigenvalue weighted by molar-refractivity contribution is -0.384. The fraction of sp³-hybridized carbons (Fsp3) is 0.0833. The number of nitrogens with one attached hydrogen (secondary N) is 1. The number of hydrogen-bond donors (Lipinski definition) is 1. The number of thioether (sulfide) groups is 1. The van der Waals surface area contributed by atoms with Gasteiger partial charge in [0.05, 0.1) is 16.4 Å². The Morgan fingerprint density at radius 2 is 1.69 bits per heavy atom. The number of aryl methyl sites for hydroxylation is 1. The highest BCUT2D eigenvalue weighted by Gasteiger charge is 2.18. The van der Waals surface area contributed by atoms with E-state index in [4.69, 9.17) is 4.42 Å². The van der Waals surface area contributed by atoms with Crippen LogP contribution in [0.2, 0.25) is 0 Å². The minimum Gasteiger partial charge on any atom is -0.431 e. The van der Waals surface area contributed by atoms with E-state index in [-0.39, 0.29) is 17.3 Å². The summed E-state index contributed by atoms with van der Waals surface area (Å²) in [6.07, 6.45) is 0. The van der Waals surface area contributed by atoms with Crippen LogP contribution in [0.4, 0.5) is 11.4 Å². The largest absolute Gasteiger partial charge is 0.431 e. The Morgan fingerprint density at radius 1 is 1.03 bits per heavy atom. The van der Waals surface area contributed by atoms with Crippen molar-refractivity contribution < 1.29 is 14.1 Å². The zero-order valence-corrected chi connectivity index (χ0v) is 18.0. The lowest BCUT2D eigenvalue weighted by atomic mass is 10.1. The lowest BCUT2D eigenvalue weighted by Crippen LogP contribution is -2.15. The molecule has 0 saturated heterocycles. The summed E-state index contributed by atoms with van der Waals surface area (Å²) in [4.78, 5) is 27.6. The number of amides is 1. The number of non-ortho nitro benzene ring substituents is 1. The zero-order chi connectivity index (χ0) is 22.5. The molecule has 1 N–H and O–H groups in total. The van der Waals surface area contributed by atoms with Crippen molar-refractivity contribution >= 4 is 29.0 Å². The number of carbonyl (C=O) groups is 1. The number of carbonyl (C=O) groups excluding carboxylic acids is 1. The number of nitro benzene ring substituents is 1. The van der Waals surface area contributed by atoms with Gasteiger partial charge in [-0.25, -0.2) is 4.98 Å². The van der Waals surface area contributed by atoms with E-state index in [9.17, 15) is 14.9 Å². The maximum absolute atomic E-state index is 12.5. The molecule has 0 unspecified atom stereocenters. The smallest absolute Gasteiger partial charge is 0.271 e. The molecule has 0 bridgehead atoms. The molecule has 1 amide bonds. The molecular formula is C24H19N3O4S. The summed E-state index contributed by atoms with van der Waals surface area (Å²) >= 11 is 1.16. The highest BCUT2D eigenvalue weighted by Crippen LogP contribution is 2.35. The molecule has 0 aliphatic rings. The highest BCUT2D eigenvalue weighted by molar-refractivity contribution is 7.99. The van der Waals surface area contributed by atoms with Gasteiger partial charge < -0.3 is 9.73 Å². The first-order valence-corrected chi connectivity index (χ1v) is 10.8. The van der Waals surface area contributed by atoms with Gasteiger partial charge in [-0.3, -0.25) is 14.9 Å². The lowest BCUT2D eigenvalue weighted by Gasteiger charge is -2.07. The van der Waals surface area contributed by atoms with E-state index in [2.05, 4.69) is 10.3 Å². The summed E-state index contributed by atoms with van der Waals surface area (Å²) in [7, 11) is 0. The molecule has 0 aliphatic carbocycles. The Balaban J connectivity index is 1.53. The number of benzene rings is 3. The van der Waals surface area contributed by atoms with Crippen LogP contribution in [-0.2, 0) is 4.79 Å². The second kappa shape index (κ2) is 9.49. The molecule has 32 heavy (non-hydrogen) atoms. The first kappa shape index (κ1) is 21.3. The van der Waals surface area contributed by atoms with Crippen LogP contribution in [0, 0.1) is 17.0 Å². The maximum atomic E-state index is 12.5. The molecular weight excluding hydrogens is 426 g/mol. The molecule has 8 heteroatoms. The summed E-state index contributed by atoms with van der Waals surface area (Å²) in [5.41, 5.74) is 3.58. The van der Waals surface area contributed by atoms with E-state index in [0.29, 0.717) is 22.4 Å². The molecule has 1 aromatic heterocycles. The van der Waals surface area contributed by atoms with E-state index in [0.717, 1.165) is 28.5 Å². The molecule has 7 nitrogen and oxygen atoms in total. The van der Waals surface area contributed by atoms with Gasteiger partial charge in [0.1, 0.15) is 5.69 Å². The average Bonchev–Trinajstić information content (AvgIpc) is 3.24. The molecule has 0 radical (unpaired) electrons. The molecule has 0 fully saturated rings. The van der Waals surface area contributed by atoms with Crippen molar-refractivity contribution in [1.29, 1.82) is 0 Å². The third kappa shape index (κ3) is 4.87. The number of aromatic nitrogens is 1. The van der Waals surface area contributed by atoms with Crippen molar-refractivity contribution in [3.63, 3.8) is 0 Å². The fourth-order valence-corrected chi connectivity index (χ4v) is 3.74. The predicted octanol–water partition coefficient (Wildman–Crippen LogP) is 5.96. The van der Waals surface area contributed by atoms with Crippen LogP contribution in [0.15, 0.2) is 88.5 Å². The molecule has 1 heterocycles. The molecule has 0 atom stereocenters. The second-order valence-electron chi connectivity index (χ2n) is 6.98. The van der Waals surface area contributed by atoms with Gasteiger partial charge in [-0.05, 0) is 12.5 Å². The number of hydrogen-bond acceptors (Lipinski definition) is 6. The van der Waals surface area contributed by atoms with Crippen LogP contribution in [0.25, 0.3) is 22.6 Å². The molecule has 3 aromatic carbocycles. The van der Waals surface area contributed by atoms with Gasteiger partial charge in [0.25, 0.3) is 10.9 Å². The second-order valence-corrected chi connectivity index (χ2v) is 7.91. The van der Waals surface area contributed by atoms with Crippen molar-refractivity contribution in [2.45, 2.75) is 12.1 Å². The normalized spacial score (nSPS) is 10.7. The Kier molecular flexibility index (Phi) is 6.32. The highest BCUT2D eigenvalue weighted by atomic mass is 32.2. The van der Waals surface area contributed by atoms with Crippen molar-refractivity contribution in [1.82, 2.24) is 4.98 Å². The quantitative estimate of drug-likeness (QED) is 0.214. The van der Waals surface area contributed by atoms with Crippen molar-refractivity contribution in [2.75, 3.05) is 11.1 Å². The van der Waals surface area contributed by atoms with Crippen molar-refractivity contribution in [3.8, 4) is 22.6 Å². The number of rotatable bonds is 7. The average molecular weight is 446 g/mol. The van der Waals surface area contributed by atoms with Crippen LogP contribution in [0.1, 0.15) is 5.56 Å². The van der Waals surface area contributed by atoms with Crippen molar-refractivity contribution in [3.05, 3.63) is 94.5 Å². The number of nitro groups is 1. The molecule has 0 saturated carbocycles. The van der Waals surface area contributed by atoms with Gasteiger partial charge in [0.2, 0.25) is 5.91 Å². The van der Waals surface area contributed by atoms with Crippen LogP contribution < -0.4 is 5.32 Å². The van der Waals surface area contributed by atoms with Crippen LogP contribution >= 0.6 is 11.8 Å². The van der Waals surface area contributed by atoms with E-state index >= 15 is 0 Å². The van der Waals surface area contributed by atoms with Gasteiger partial charge in [-0.2, -0.15) is 0 Å². The van der Waals surface area contributed by atoms with Crippen molar-refractivity contribution in [2.24, 2.45) is 0 Å². The molecule has 4 aromatic rings. The molecule has 160 valence electrons. The third-order valence-electron chi connectivity index (χ3n) is 4.72. The minimum absolute atomic E-state index is 0.0467. The Labute approximate surface area is 188 Å². The van der Waals surface area contributed by atoms with E-state index in [1.165, 1.54) is 12.1 Å². The Morgan fingerprint density at radius 3 is 2.34 bits per heavy atom. The van der Waals surface area contributed by atoms with Gasteiger partial charge >= 0.3 is 0 Å². The number of nitrogens with zero attached hydrogens (tertiary/aromatic N) is 2. The van der Waals surface area contributed by atoms with E-state index in [1.807, 2.05) is 60.7 Å². The maximum Gasteiger partial charge on any atom is 0.271 e. The van der Waals surface area contributed by atoms with Gasteiger partial charge in [0.15, 0.2) is 5.76 Å². The van der Waals surface area contributed by atoms with Crippen LogP contribution in [0.3, 0.4) is 0 Å². The fourth-order valence-electron chi connectivity index (χ4n) is 3.11. The van der Waals surface area contributed by atoms with E-state index in [1.54, 1.807) is 13.0 Å². The summed E-state index contributed by atoms with van der Waals surface area (Å²) < 4.78 is 6.01. The monoisotopic (exact) mass is 445 g/mol. The standard InChI is InChI=1S/C24H19N3O4S/c1-16-12-13-19(27(29)30)14-20(16)25-21(28)15-32-24-26-22(17-8-4-2-5-9-17)23(31-24)18-10-6-3-7-11-18/h2-14H,15H2,1H3,(H,25,28). The first-order chi connectivity index (χ1) is 15.5. The van der Waals surface area contributed by atoms with Crippen LogP contribution in [0.5, 0.6) is 0 Å². The minimum atomic E-state index is -0.493. The molecule has 0 spiro atoms.